The molecule has 0 aromatic rings. The minimum Gasteiger partial charge on any atom is -0.382 e. The molecule has 2 rings (SSSR count). The van der Waals surface area contributed by atoms with E-state index in [2.05, 4.69) is 11.9 Å². The van der Waals surface area contributed by atoms with E-state index in [-0.39, 0.29) is 5.69 Å². The number of nitrogens with two attached hydrogens (primary N) is 1. The Balaban J connectivity index is 2.38. The summed E-state index contributed by atoms with van der Waals surface area (Å²) in [4.78, 5) is 16.9. The van der Waals surface area contributed by atoms with Crippen molar-refractivity contribution in [1.29, 1.82) is 0 Å². The molecular weight excluding hydrogens is 278 g/mol. The van der Waals surface area contributed by atoms with Crippen molar-refractivity contribution in [2.75, 3.05) is 11.5 Å². The second-order valence-electron chi connectivity index (χ2n) is 4.55. The number of anilines is 1. The van der Waals surface area contributed by atoms with Crippen molar-refractivity contribution in [2.24, 2.45) is 0 Å². The van der Waals surface area contributed by atoms with Crippen LogP contribution in [0, 0.1) is 13.8 Å². The standard InChI is InChI=1S/C13H19N3OS2/c1-4-5-6-7-18-12-10-11(14)15-13(17)16(10)8(2)9(3)19-12/h4-7H2,1-3H3,(H2,14,15,17). The molecule has 0 aliphatic carbocycles. The highest BCUT2D eigenvalue weighted by Gasteiger charge is 2.21. The number of unbranched alkanes of at least 4 members (excludes halogenated alkanes) is 2. The van der Waals surface area contributed by atoms with Crippen molar-refractivity contribution in [3.05, 3.63) is 21.1 Å². The zero-order valence-electron chi connectivity index (χ0n) is 11.5. The minimum absolute atomic E-state index is 0.267. The third kappa shape index (κ3) is 2.79. The monoisotopic (exact) mass is 297 g/mol. The second kappa shape index (κ2) is 5.96. The van der Waals surface area contributed by atoms with Crippen molar-refractivity contribution in [3.63, 3.8) is 0 Å². The molecule has 0 saturated carbocycles. The highest BCUT2D eigenvalue weighted by molar-refractivity contribution is 8.01. The lowest BCUT2D eigenvalue weighted by atomic mass is 10.3. The van der Waals surface area contributed by atoms with Gasteiger partial charge in [-0.05, 0) is 26.0 Å². The largest absolute Gasteiger partial charge is 0.382 e. The fourth-order valence-electron chi connectivity index (χ4n) is 1.96. The van der Waals surface area contributed by atoms with Crippen molar-refractivity contribution in [2.45, 2.75) is 44.2 Å². The van der Waals surface area contributed by atoms with Crippen molar-refractivity contribution in [1.82, 2.24) is 9.55 Å². The molecule has 0 spiro atoms. The first-order valence-electron chi connectivity index (χ1n) is 6.47. The van der Waals surface area contributed by atoms with Gasteiger partial charge in [-0.15, -0.1) is 23.1 Å². The van der Waals surface area contributed by atoms with Crippen LogP contribution < -0.4 is 11.4 Å². The Labute approximate surface area is 121 Å². The summed E-state index contributed by atoms with van der Waals surface area (Å²) in [6.45, 7) is 6.16. The molecule has 4 nitrogen and oxygen atoms in total. The van der Waals surface area contributed by atoms with Crippen molar-refractivity contribution >= 4 is 28.9 Å². The van der Waals surface area contributed by atoms with Crippen molar-refractivity contribution < 1.29 is 0 Å². The van der Waals surface area contributed by atoms with Gasteiger partial charge in [0.15, 0.2) is 5.82 Å². The SMILES string of the molecule is CCCCCSc1sc(C)c(C)n2c(=O)nc(N)c1-2. The number of hydrogen-bond acceptors (Lipinski definition) is 5. The van der Waals surface area contributed by atoms with Crippen LogP contribution in [0.15, 0.2) is 9.00 Å². The van der Waals surface area contributed by atoms with Gasteiger partial charge in [-0.25, -0.2) is 4.79 Å². The third-order valence-electron chi connectivity index (χ3n) is 3.14. The Hall–Kier alpha value is -1.01. The number of hydrogen-bond donors (Lipinski definition) is 1. The van der Waals surface area contributed by atoms with Gasteiger partial charge in [-0.2, -0.15) is 4.98 Å². The number of nitrogens with zero attached hydrogens (tertiary/aromatic N) is 2. The summed E-state index contributed by atoms with van der Waals surface area (Å²) in [6.07, 6.45) is 3.64. The average Bonchev–Trinajstić information content (AvgIpc) is 2.66. The predicted octanol–water partition coefficient (Wildman–Crippen LogP) is 3.21. The third-order valence-corrected chi connectivity index (χ3v) is 5.67. The zero-order valence-corrected chi connectivity index (χ0v) is 13.2. The summed E-state index contributed by atoms with van der Waals surface area (Å²) in [6, 6.07) is 0. The maximum absolute atomic E-state index is 11.9. The van der Waals surface area contributed by atoms with E-state index in [0.29, 0.717) is 5.82 Å². The quantitative estimate of drug-likeness (QED) is 0.680. The molecule has 0 saturated heterocycles. The van der Waals surface area contributed by atoms with E-state index in [9.17, 15) is 4.79 Å². The predicted molar refractivity (Wildman–Crippen MR) is 83.0 cm³/mol. The smallest absolute Gasteiger partial charge is 0.354 e. The van der Waals surface area contributed by atoms with E-state index >= 15 is 0 Å². The van der Waals surface area contributed by atoms with Crippen LogP contribution in [0.4, 0.5) is 5.82 Å². The van der Waals surface area contributed by atoms with E-state index in [4.69, 9.17) is 5.73 Å². The van der Waals surface area contributed by atoms with Gasteiger partial charge >= 0.3 is 5.69 Å². The molecule has 0 aromatic carbocycles. The molecule has 104 valence electrons. The van der Waals surface area contributed by atoms with Gasteiger partial charge in [0.2, 0.25) is 0 Å². The molecule has 0 atom stereocenters. The summed E-state index contributed by atoms with van der Waals surface area (Å²) in [5.74, 6) is 1.41. The maximum atomic E-state index is 11.9. The van der Waals surface area contributed by atoms with E-state index in [1.807, 2.05) is 13.8 Å². The van der Waals surface area contributed by atoms with Gasteiger partial charge in [0, 0.05) is 10.6 Å². The Bertz CT molecular complexity index is 603. The molecule has 0 fully saturated rings. The normalized spacial score (nSPS) is 11.3. The molecule has 0 radical (unpaired) electrons. The van der Waals surface area contributed by atoms with Crippen LogP contribution in [0.2, 0.25) is 0 Å². The summed E-state index contributed by atoms with van der Waals surface area (Å²) in [5.41, 5.74) is 7.35. The first-order valence-corrected chi connectivity index (χ1v) is 8.27. The van der Waals surface area contributed by atoms with Gasteiger partial charge < -0.3 is 5.73 Å². The molecule has 0 aromatic heterocycles. The number of imidazole rings is 1. The van der Waals surface area contributed by atoms with E-state index in [1.54, 1.807) is 27.7 Å². The molecule has 0 amide bonds. The summed E-state index contributed by atoms with van der Waals surface area (Å²) in [7, 11) is 0. The molecule has 19 heavy (non-hydrogen) atoms. The lowest BCUT2D eigenvalue weighted by Gasteiger charge is -2.14. The Kier molecular flexibility index (Phi) is 4.52. The number of nitrogen functional groups attached to an aromatic ring is 1. The van der Waals surface area contributed by atoms with Gasteiger partial charge in [-0.3, -0.25) is 4.57 Å². The number of aryl methyl sites for hydroxylation is 1. The Morgan fingerprint density at radius 3 is 2.79 bits per heavy atom. The summed E-state index contributed by atoms with van der Waals surface area (Å²) >= 11 is 3.48. The fraction of sp³-hybridized carbons (Fsp3) is 0.538. The molecule has 0 unspecified atom stereocenters. The van der Waals surface area contributed by atoms with Gasteiger partial charge in [0.05, 0.1) is 4.21 Å². The number of thioether (sulfide) groups is 1. The van der Waals surface area contributed by atoms with Crippen LogP contribution in [-0.2, 0) is 0 Å². The van der Waals surface area contributed by atoms with Gasteiger partial charge in [-0.1, -0.05) is 19.8 Å². The number of aromatic nitrogens is 2. The first kappa shape index (κ1) is 14.4. The molecule has 2 heterocycles. The number of rotatable bonds is 5. The van der Waals surface area contributed by atoms with Gasteiger partial charge in [0.1, 0.15) is 5.69 Å². The van der Waals surface area contributed by atoms with Crippen LogP contribution in [0.3, 0.4) is 0 Å². The number of fused-ring (bicyclic) bond motifs is 1. The first-order chi connectivity index (χ1) is 9.06. The van der Waals surface area contributed by atoms with Crippen LogP contribution in [0.1, 0.15) is 36.8 Å². The highest BCUT2D eigenvalue weighted by Crippen LogP contribution is 2.37. The highest BCUT2D eigenvalue weighted by atomic mass is 32.2. The maximum Gasteiger partial charge on any atom is 0.354 e. The van der Waals surface area contributed by atoms with Crippen molar-refractivity contribution in [3.8, 4) is 5.69 Å². The molecule has 2 N–H and O–H groups in total. The summed E-state index contributed by atoms with van der Waals surface area (Å²) in [5, 5.41) is 0. The van der Waals surface area contributed by atoms with Crippen LogP contribution >= 0.6 is 23.1 Å². The Morgan fingerprint density at radius 1 is 1.37 bits per heavy atom. The zero-order chi connectivity index (χ0) is 14.0. The fourth-order valence-corrected chi connectivity index (χ4v) is 4.49. The second-order valence-corrected chi connectivity index (χ2v) is 7.14. The molecular formula is C13H19N3OS2. The Morgan fingerprint density at radius 2 is 2.11 bits per heavy atom. The van der Waals surface area contributed by atoms with Crippen LogP contribution in [0.5, 0.6) is 0 Å². The minimum atomic E-state index is -0.267. The average molecular weight is 297 g/mol. The van der Waals surface area contributed by atoms with E-state index < -0.39 is 0 Å². The lowest BCUT2D eigenvalue weighted by Crippen LogP contribution is -2.17. The van der Waals surface area contributed by atoms with E-state index in [1.165, 1.54) is 19.3 Å². The molecule has 6 heteroatoms. The molecule has 0 bridgehead atoms. The van der Waals surface area contributed by atoms with Crippen LogP contribution in [0.25, 0.3) is 5.69 Å². The molecule has 2 aliphatic heterocycles. The van der Waals surface area contributed by atoms with E-state index in [0.717, 1.165) is 26.2 Å². The lowest BCUT2D eigenvalue weighted by molar-refractivity contribution is 0.778. The topological polar surface area (TPSA) is 60.9 Å². The van der Waals surface area contributed by atoms with Crippen LogP contribution in [-0.4, -0.2) is 15.3 Å². The summed E-state index contributed by atoms with van der Waals surface area (Å²) < 4.78 is 2.75. The molecule has 2 aliphatic rings. The van der Waals surface area contributed by atoms with Gasteiger partial charge in [0.25, 0.3) is 0 Å².